The highest BCUT2D eigenvalue weighted by Gasteiger charge is 2.29. The number of rotatable bonds is 3. The van der Waals surface area contributed by atoms with Gasteiger partial charge >= 0.3 is 0 Å². The summed E-state index contributed by atoms with van der Waals surface area (Å²) >= 11 is 3.10. The predicted molar refractivity (Wildman–Crippen MR) is 117 cm³/mol. The molecule has 0 saturated heterocycles. The molecule has 2 amide bonds. The van der Waals surface area contributed by atoms with Crippen LogP contribution in [0.3, 0.4) is 0 Å². The minimum Gasteiger partial charge on any atom is -0.351 e. The molecule has 4 aromatic rings. The number of nitrogens with zero attached hydrogens (tertiary/aromatic N) is 3. The molecule has 3 aromatic heterocycles. The van der Waals surface area contributed by atoms with E-state index in [1.54, 1.807) is 31.3 Å². The number of nitrogens with one attached hydrogen (secondary N) is 1. The molecule has 5 rings (SSSR count). The lowest BCUT2D eigenvalue weighted by molar-refractivity contribution is -0.129. The average molecular weight is 439 g/mol. The normalized spacial score (nSPS) is 13.5. The number of benzene rings is 1. The van der Waals surface area contributed by atoms with Gasteiger partial charge in [-0.05, 0) is 31.0 Å². The van der Waals surface area contributed by atoms with E-state index in [1.165, 1.54) is 11.3 Å². The van der Waals surface area contributed by atoms with E-state index in [-0.39, 0.29) is 17.6 Å². The second-order valence-corrected chi connectivity index (χ2v) is 9.31. The fraction of sp³-hybridized carbons (Fsp3) is 0.238. The van der Waals surface area contributed by atoms with Crippen molar-refractivity contribution in [3.05, 3.63) is 52.2 Å². The largest absolute Gasteiger partial charge is 0.351 e. The molecule has 0 fully saturated rings. The van der Waals surface area contributed by atoms with Gasteiger partial charge in [-0.1, -0.05) is 17.3 Å². The van der Waals surface area contributed by atoms with E-state index in [4.69, 9.17) is 9.51 Å². The summed E-state index contributed by atoms with van der Waals surface area (Å²) < 4.78 is 6.21. The van der Waals surface area contributed by atoms with E-state index >= 15 is 0 Å². The van der Waals surface area contributed by atoms with E-state index < -0.39 is 0 Å². The van der Waals surface area contributed by atoms with Gasteiger partial charge in [-0.25, -0.2) is 4.98 Å². The van der Waals surface area contributed by atoms with Gasteiger partial charge in [0, 0.05) is 30.0 Å². The van der Waals surface area contributed by atoms with Crippen LogP contribution < -0.4 is 5.32 Å². The monoisotopic (exact) mass is 438 g/mol. The van der Waals surface area contributed by atoms with Crippen LogP contribution in [-0.4, -0.2) is 33.4 Å². The van der Waals surface area contributed by atoms with E-state index in [0.717, 1.165) is 42.7 Å². The maximum atomic E-state index is 12.7. The Balaban J connectivity index is 1.60. The molecule has 1 N–H and O–H groups in total. The minimum absolute atomic E-state index is 0.0540. The van der Waals surface area contributed by atoms with Crippen molar-refractivity contribution in [3.8, 4) is 10.6 Å². The lowest BCUT2D eigenvalue weighted by Crippen LogP contribution is -2.33. The van der Waals surface area contributed by atoms with Crippen LogP contribution in [0.4, 0.5) is 5.00 Å². The van der Waals surface area contributed by atoms with Crippen molar-refractivity contribution in [3.63, 3.8) is 0 Å². The molecule has 30 heavy (non-hydrogen) atoms. The maximum absolute atomic E-state index is 12.7. The third kappa shape index (κ3) is 3.29. The molecule has 0 spiro atoms. The second-order valence-electron chi connectivity index (χ2n) is 7.17. The summed E-state index contributed by atoms with van der Waals surface area (Å²) in [5.41, 5.74) is 3.68. The molecule has 7 nitrogen and oxygen atoms in total. The number of amides is 2. The molecule has 0 atom stereocenters. The third-order valence-corrected chi connectivity index (χ3v) is 7.27. The van der Waals surface area contributed by atoms with E-state index in [1.807, 2.05) is 29.2 Å². The van der Waals surface area contributed by atoms with Crippen LogP contribution in [0.15, 0.2) is 34.9 Å². The summed E-state index contributed by atoms with van der Waals surface area (Å²) in [4.78, 5) is 32.4. The van der Waals surface area contributed by atoms with Crippen LogP contribution in [0.25, 0.3) is 20.8 Å². The quantitative estimate of drug-likeness (QED) is 0.510. The molecule has 0 unspecified atom stereocenters. The number of para-hydroxylation sites is 1. The molecule has 0 aliphatic carbocycles. The van der Waals surface area contributed by atoms with Crippen LogP contribution in [0, 0.1) is 6.92 Å². The summed E-state index contributed by atoms with van der Waals surface area (Å²) in [6.07, 6.45) is 0.730. The fourth-order valence-electron chi connectivity index (χ4n) is 3.60. The van der Waals surface area contributed by atoms with Crippen LogP contribution in [0.1, 0.15) is 33.6 Å². The number of thiazole rings is 1. The topological polar surface area (TPSA) is 88.3 Å². The number of hydrogen-bond donors (Lipinski definition) is 1. The Morgan fingerprint density at radius 1 is 1.23 bits per heavy atom. The second kappa shape index (κ2) is 7.33. The molecule has 0 radical (unpaired) electrons. The highest BCUT2D eigenvalue weighted by atomic mass is 32.1. The zero-order valence-corrected chi connectivity index (χ0v) is 18.0. The first-order valence-corrected chi connectivity index (χ1v) is 11.1. The van der Waals surface area contributed by atoms with Gasteiger partial charge in [0.25, 0.3) is 5.91 Å². The van der Waals surface area contributed by atoms with Crippen molar-refractivity contribution < 1.29 is 14.1 Å². The molecule has 9 heteroatoms. The first-order chi connectivity index (χ1) is 14.5. The van der Waals surface area contributed by atoms with E-state index in [0.29, 0.717) is 18.8 Å². The van der Waals surface area contributed by atoms with Gasteiger partial charge in [0.2, 0.25) is 11.7 Å². The Labute approximate surface area is 180 Å². The van der Waals surface area contributed by atoms with Gasteiger partial charge in [-0.15, -0.1) is 22.7 Å². The Morgan fingerprint density at radius 2 is 2.07 bits per heavy atom. The van der Waals surface area contributed by atoms with E-state index in [2.05, 4.69) is 10.5 Å². The van der Waals surface area contributed by atoms with Crippen LogP contribution in [-0.2, 0) is 17.8 Å². The van der Waals surface area contributed by atoms with Crippen LogP contribution >= 0.6 is 22.7 Å². The Bertz CT molecular complexity index is 1250. The lowest BCUT2D eigenvalue weighted by Gasteiger charge is -2.25. The molecule has 4 heterocycles. The number of hydrogen-bond acceptors (Lipinski definition) is 7. The van der Waals surface area contributed by atoms with Crippen molar-refractivity contribution in [1.29, 1.82) is 0 Å². The van der Waals surface area contributed by atoms with Crippen molar-refractivity contribution in [2.45, 2.75) is 26.8 Å². The highest BCUT2D eigenvalue weighted by Crippen LogP contribution is 2.45. The maximum Gasteiger partial charge on any atom is 0.294 e. The van der Waals surface area contributed by atoms with Crippen molar-refractivity contribution in [2.75, 3.05) is 11.9 Å². The Kier molecular flexibility index (Phi) is 4.63. The number of carbonyl (C=O) groups is 2. The average Bonchev–Trinajstić information content (AvgIpc) is 3.42. The summed E-state index contributed by atoms with van der Waals surface area (Å²) in [7, 11) is 0. The van der Waals surface area contributed by atoms with Gasteiger partial charge in [-0.2, -0.15) is 0 Å². The number of aryl methyl sites for hydroxylation is 1. The van der Waals surface area contributed by atoms with Gasteiger partial charge < -0.3 is 14.7 Å². The number of anilines is 1. The molecule has 1 aliphatic rings. The summed E-state index contributed by atoms with van der Waals surface area (Å²) in [5.74, 6) is -0.127. The SMILES string of the molecule is CC(=O)N1CCc2c(sc(NC(=O)c3cc(C)no3)c2-c2nc3ccccc3s2)C1. The van der Waals surface area contributed by atoms with Crippen molar-refractivity contribution >= 4 is 49.7 Å². The molecular formula is C21H18N4O3S2. The molecule has 0 saturated carbocycles. The molecule has 152 valence electrons. The molecular weight excluding hydrogens is 420 g/mol. The van der Waals surface area contributed by atoms with Gasteiger partial charge in [0.05, 0.1) is 22.5 Å². The summed E-state index contributed by atoms with van der Waals surface area (Å²) in [5, 5.41) is 8.38. The zero-order chi connectivity index (χ0) is 20.8. The molecule has 0 bridgehead atoms. The third-order valence-electron chi connectivity index (χ3n) is 5.09. The first kappa shape index (κ1) is 19.0. The molecule has 1 aliphatic heterocycles. The van der Waals surface area contributed by atoms with E-state index in [9.17, 15) is 9.59 Å². The van der Waals surface area contributed by atoms with Gasteiger partial charge in [0.15, 0.2) is 0 Å². The van der Waals surface area contributed by atoms with Gasteiger partial charge in [0.1, 0.15) is 10.0 Å². The highest BCUT2D eigenvalue weighted by molar-refractivity contribution is 7.23. The predicted octanol–water partition coefficient (Wildman–Crippen LogP) is 4.48. The zero-order valence-electron chi connectivity index (χ0n) is 16.4. The van der Waals surface area contributed by atoms with Crippen molar-refractivity contribution in [1.82, 2.24) is 15.0 Å². The summed E-state index contributed by atoms with van der Waals surface area (Å²) in [6, 6.07) is 9.60. The number of aromatic nitrogens is 2. The Hall–Kier alpha value is -3.04. The standard InChI is InChI=1S/C21H18N4O3S2/c1-11-9-15(28-24-11)19(27)23-21-18(20-22-14-5-3-4-6-16(14)29-20)13-7-8-25(12(2)26)10-17(13)30-21/h3-6,9H,7-8,10H2,1-2H3,(H,23,27). The first-order valence-electron chi connectivity index (χ1n) is 9.50. The fourth-order valence-corrected chi connectivity index (χ4v) is 5.97. The number of fused-ring (bicyclic) bond motifs is 2. The van der Waals surface area contributed by atoms with Crippen LogP contribution in [0.2, 0.25) is 0 Å². The lowest BCUT2D eigenvalue weighted by atomic mass is 10.0. The van der Waals surface area contributed by atoms with Crippen molar-refractivity contribution in [2.24, 2.45) is 0 Å². The van der Waals surface area contributed by atoms with Crippen LogP contribution in [0.5, 0.6) is 0 Å². The number of carbonyl (C=O) groups excluding carboxylic acids is 2. The Morgan fingerprint density at radius 3 is 2.80 bits per heavy atom. The summed E-state index contributed by atoms with van der Waals surface area (Å²) in [6.45, 7) is 4.56. The smallest absolute Gasteiger partial charge is 0.294 e. The minimum atomic E-state index is -0.347. The molecule has 1 aromatic carbocycles. The van der Waals surface area contributed by atoms with Gasteiger partial charge in [-0.3, -0.25) is 9.59 Å². The number of thiophene rings is 1.